The zero-order chi connectivity index (χ0) is 23.3. The standard InChI is InChI=1S/C23H22FN5O4/c1-13(30)25-15-6-7-17-14(10-15)11-23(20(31)26-22(33)27-21(23)32)19-12-28(8-9-29(17)19)18-5-3-2-4-16(18)24/h2-7,10,19H,8-9,11-12H2,1H3,(H,25,30)(H2,26,27,31,32,33)/t19-/m1/s1. The number of urea groups is 1. The molecule has 0 aromatic heterocycles. The minimum Gasteiger partial charge on any atom is -0.365 e. The Kier molecular flexibility index (Phi) is 4.80. The largest absolute Gasteiger partial charge is 0.365 e. The van der Waals surface area contributed by atoms with E-state index < -0.39 is 29.3 Å². The fraction of sp³-hybridized carbons (Fsp3) is 0.304. The van der Waals surface area contributed by atoms with Crippen molar-refractivity contribution in [3.05, 3.63) is 53.8 Å². The lowest BCUT2D eigenvalue weighted by atomic mass is 9.68. The molecule has 3 aliphatic rings. The van der Waals surface area contributed by atoms with Crippen LogP contribution in [0.15, 0.2) is 42.5 Å². The van der Waals surface area contributed by atoms with Gasteiger partial charge in [-0.25, -0.2) is 9.18 Å². The predicted octanol–water partition coefficient (Wildman–Crippen LogP) is 1.39. The Morgan fingerprint density at radius 2 is 1.79 bits per heavy atom. The summed E-state index contributed by atoms with van der Waals surface area (Å²) in [6.07, 6.45) is 0.0347. The molecule has 10 heteroatoms. The maximum Gasteiger partial charge on any atom is 0.328 e. The van der Waals surface area contributed by atoms with Crippen LogP contribution in [0.2, 0.25) is 0 Å². The monoisotopic (exact) mass is 451 g/mol. The quantitative estimate of drug-likeness (QED) is 0.595. The fourth-order valence-corrected chi connectivity index (χ4v) is 5.15. The highest BCUT2D eigenvalue weighted by Gasteiger charge is 2.61. The first-order chi connectivity index (χ1) is 15.8. The molecule has 0 radical (unpaired) electrons. The number of halogens is 1. The van der Waals surface area contributed by atoms with E-state index in [4.69, 9.17) is 0 Å². The first-order valence-corrected chi connectivity index (χ1v) is 10.6. The Labute approximate surface area is 188 Å². The van der Waals surface area contributed by atoms with Crippen LogP contribution in [0.5, 0.6) is 0 Å². The van der Waals surface area contributed by atoms with Crippen molar-refractivity contribution < 1.29 is 23.6 Å². The van der Waals surface area contributed by atoms with Crippen molar-refractivity contribution in [1.82, 2.24) is 10.6 Å². The van der Waals surface area contributed by atoms with E-state index in [1.165, 1.54) is 13.0 Å². The predicted molar refractivity (Wildman–Crippen MR) is 118 cm³/mol. The molecule has 2 aromatic carbocycles. The molecule has 5 rings (SSSR count). The number of imide groups is 2. The van der Waals surface area contributed by atoms with Gasteiger partial charge in [-0.2, -0.15) is 0 Å². The second kappa shape index (κ2) is 7.58. The summed E-state index contributed by atoms with van der Waals surface area (Å²) in [4.78, 5) is 53.7. The van der Waals surface area contributed by atoms with Crippen LogP contribution in [0, 0.1) is 11.2 Å². The van der Waals surface area contributed by atoms with Crippen molar-refractivity contribution >= 4 is 40.8 Å². The summed E-state index contributed by atoms with van der Waals surface area (Å²) in [5.74, 6) is -1.99. The van der Waals surface area contributed by atoms with Gasteiger partial charge in [-0.05, 0) is 42.3 Å². The molecule has 3 aliphatic heterocycles. The van der Waals surface area contributed by atoms with E-state index in [0.717, 1.165) is 5.69 Å². The number of nitrogens with zero attached hydrogens (tertiary/aromatic N) is 2. The molecule has 170 valence electrons. The van der Waals surface area contributed by atoms with E-state index in [-0.39, 0.29) is 24.7 Å². The van der Waals surface area contributed by atoms with E-state index in [0.29, 0.717) is 30.0 Å². The molecular formula is C23H22FN5O4. The third kappa shape index (κ3) is 3.29. The number of rotatable bonds is 2. The molecule has 1 spiro atoms. The first-order valence-electron chi connectivity index (χ1n) is 10.6. The van der Waals surface area contributed by atoms with Crippen LogP contribution in [0.3, 0.4) is 0 Å². The SMILES string of the molecule is CC(=O)Nc1ccc2c(c1)CC1(C(=O)NC(=O)NC1=O)[C@H]1CN(c3ccccc3F)CCN21. The van der Waals surface area contributed by atoms with Gasteiger partial charge in [0, 0.05) is 37.9 Å². The second-order valence-corrected chi connectivity index (χ2v) is 8.52. The zero-order valence-electron chi connectivity index (χ0n) is 17.9. The molecule has 2 saturated heterocycles. The highest BCUT2D eigenvalue weighted by Crippen LogP contribution is 2.45. The number of para-hydroxylation sites is 1. The number of carbonyl (C=O) groups excluding carboxylic acids is 4. The molecule has 0 unspecified atom stereocenters. The van der Waals surface area contributed by atoms with Crippen molar-refractivity contribution in [1.29, 1.82) is 0 Å². The number of nitrogens with one attached hydrogen (secondary N) is 3. The molecule has 2 fully saturated rings. The summed E-state index contributed by atoms with van der Waals surface area (Å²) in [6, 6.07) is 10.2. The van der Waals surface area contributed by atoms with Crippen molar-refractivity contribution in [2.45, 2.75) is 19.4 Å². The Hall–Kier alpha value is -3.95. The number of hydrogen-bond donors (Lipinski definition) is 3. The second-order valence-electron chi connectivity index (χ2n) is 8.52. The van der Waals surface area contributed by atoms with Gasteiger partial charge in [0.1, 0.15) is 5.82 Å². The maximum atomic E-state index is 14.5. The average molecular weight is 451 g/mol. The van der Waals surface area contributed by atoms with Gasteiger partial charge in [0.2, 0.25) is 17.7 Å². The molecule has 33 heavy (non-hydrogen) atoms. The maximum absolute atomic E-state index is 14.5. The highest BCUT2D eigenvalue weighted by atomic mass is 19.1. The normalized spacial score (nSPS) is 21.2. The van der Waals surface area contributed by atoms with Crippen LogP contribution < -0.4 is 25.8 Å². The molecule has 3 heterocycles. The lowest BCUT2D eigenvalue weighted by Crippen LogP contribution is -2.74. The number of anilines is 3. The summed E-state index contributed by atoms with van der Waals surface area (Å²) >= 11 is 0. The zero-order valence-corrected chi connectivity index (χ0v) is 17.9. The topological polar surface area (TPSA) is 111 Å². The summed E-state index contributed by atoms with van der Waals surface area (Å²) in [5.41, 5.74) is 0.890. The van der Waals surface area contributed by atoms with Crippen LogP contribution >= 0.6 is 0 Å². The molecule has 0 aliphatic carbocycles. The number of hydrogen-bond acceptors (Lipinski definition) is 6. The van der Waals surface area contributed by atoms with Gasteiger partial charge in [-0.3, -0.25) is 25.0 Å². The lowest BCUT2D eigenvalue weighted by molar-refractivity contribution is -0.146. The first kappa shape index (κ1) is 20.9. The average Bonchev–Trinajstić information content (AvgIpc) is 2.76. The van der Waals surface area contributed by atoms with E-state index in [9.17, 15) is 23.6 Å². The van der Waals surface area contributed by atoms with Crippen molar-refractivity contribution in [3.63, 3.8) is 0 Å². The van der Waals surface area contributed by atoms with E-state index in [1.54, 1.807) is 30.3 Å². The van der Waals surface area contributed by atoms with Gasteiger partial charge < -0.3 is 15.1 Å². The van der Waals surface area contributed by atoms with Gasteiger partial charge in [-0.15, -0.1) is 0 Å². The lowest BCUT2D eigenvalue weighted by Gasteiger charge is -2.54. The minimum absolute atomic E-state index is 0.0347. The number of benzene rings is 2. The molecule has 2 aromatic rings. The molecular weight excluding hydrogens is 429 g/mol. The Morgan fingerprint density at radius 3 is 2.48 bits per heavy atom. The van der Waals surface area contributed by atoms with Crippen molar-refractivity contribution in [2.24, 2.45) is 5.41 Å². The number of fused-ring (bicyclic) bond motifs is 4. The van der Waals surface area contributed by atoms with Gasteiger partial charge in [0.05, 0.1) is 11.7 Å². The van der Waals surface area contributed by atoms with Crippen LogP contribution in [0.25, 0.3) is 0 Å². The highest BCUT2D eigenvalue weighted by molar-refractivity contribution is 6.20. The molecule has 0 bridgehead atoms. The van der Waals surface area contributed by atoms with Gasteiger partial charge in [0.25, 0.3) is 0 Å². The summed E-state index contributed by atoms with van der Waals surface area (Å²) in [7, 11) is 0. The fourth-order valence-electron chi connectivity index (χ4n) is 5.15. The molecule has 0 saturated carbocycles. The summed E-state index contributed by atoms with van der Waals surface area (Å²) < 4.78 is 14.5. The number of amides is 5. The molecule has 1 atom stereocenters. The van der Waals surface area contributed by atoms with Crippen LogP contribution in [0.4, 0.5) is 26.2 Å². The number of piperazine rings is 1. The molecule has 3 N–H and O–H groups in total. The minimum atomic E-state index is -1.60. The van der Waals surface area contributed by atoms with Crippen LogP contribution in [-0.2, 0) is 20.8 Å². The van der Waals surface area contributed by atoms with E-state index in [2.05, 4.69) is 16.0 Å². The third-order valence-corrected chi connectivity index (χ3v) is 6.59. The Bertz CT molecular complexity index is 1180. The molecule has 5 amide bonds. The summed E-state index contributed by atoms with van der Waals surface area (Å²) in [5, 5.41) is 7.22. The Balaban J connectivity index is 1.61. The number of barbiturate groups is 1. The third-order valence-electron chi connectivity index (χ3n) is 6.59. The van der Waals surface area contributed by atoms with Crippen molar-refractivity contribution in [2.75, 3.05) is 34.8 Å². The van der Waals surface area contributed by atoms with E-state index >= 15 is 0 Å². The Morgan fingerprint density at radius 1 is 1.06 bits per heavy atom. The van der Waals surface area contributed by atoms with E-state index in [1.807, 2.05) is 15.9 Å². The van der Waals surface area contributed by atoms with Gasteiger partial charge in [0.15, 0.2) is 5.41 Å². The van der Waals surface area contributed by atoms with Gasteiger partial charge >= 0.3 is 6.03 Å². The van der Waals surface area contributed by atoms with Crippen molar-refractivity contribution in [3.8, 4) is 0 Å². The molecule has 9 nitrogen and oxygen atoms in total. The number of carbonyl (C=O) groups is 4. The summed E-state index contributed by atoms with van der Waals surface area (Å²) in [6.45, 7) is 2.51. The van der Waals surface area contributed by atoms with Gasteiger partial charge in [-0.1, -0.05) is 12.1 Å². The van der Waals surface area contributed by atoms with Crippen LogP contribution in [-0.4, -0.2) is 49.4 Å². The smallest absolute Gasteiger partial charge is 0.328 e. The van der Waals surface area contributed by atoms with Crippen LogP contribution in [0.1, 0.15) is 12.5 Å².